The van der Waals surface area contributed by atoms with Crippen molar-refractivity contribution in [1.82, 2.24) is 4.72 Å². The van der Waals surface area contributed by atoms with E-state index >= 15 is 0 Å². The monoisotopic (exact) mass is 288 g/mol. The van der Waals surface area contributed by atoms with Crippen LogP contribution in [0.15, 0.2) is 23.1 Å². The summed E-state index contributed by atoms with van der Waals surface area (Å²) in [5, 5.41) is 0. The summed E-state index contributed by atoms with van der Waals surface area (Å²) < 4.78 is 45.3. The van der Waals surface area contributed by atoms with Crippen molar-refractivity contribution in [3.63, 3.8) is 0 Å². The van der Waals surface area contributed by atoms with Gasteiger partial charge in [-0.2, -0.15) is 0 Å². The van der Waals surface area contributed by atoms with Gasteiger partial charge in [0.25, 0.3) is 0 Å². The van der Waals surface area contributed by atoms with E-state index in [4.69, 9.17) is 10.5 Å². The first-order valence-corrected chi connectivity index (χ1v) is 7.57. The third-order valence-electron chi connectivity index (χ3n) is 3.11. The molecule has 1 heterocycles. The highest BCUT2D eigenvalue weighted by Crippen LogP contribution is 2.17. The molecule has 0 radical (unpaired) electrons. The first-order chi connectivity index (χ1) is 9.03. The van der Waals surface area contributed by atoms with Gasteiger partial charge in [-0.25, -0.2) is 17.5 Å². The zero-order valence-electron chi connectivity index (χ0n) is 10.4. The van der Waals surface area contributed by atoms with Crippen molar-refractivity contribution < 1.29 is 17.5 Å². The van der Waals surface area contributed by atoms with Crippen LogP contribution >= 0.6 is 0 Å². The molecule has 0 saturated carbocycles. The van der Waals surface area contributed by atoms with Crippen LogP contribution in [0, 0.1) is 11.7 Å². The third kappa shape index (κ3) is 3.50. The standard InChI is InChI=1S/C12H17FN2O3S/c13-11-2-1-9(6-14)5-12(11)19(16,17)15-7-10-3-4-18-8-10/h1-2,5,10,15H,3-4,6-8,14H2. The Balaban J connectivity index is 2.13. The van der Waals surface area contributed by atoms with Crippen molar-refractivity contribution in [2.45, 2.75) is 17.9 Å². The van der Waals surface area contributed by atoms with Crippen molar-refractivity contribution in [3.05, 3.63) is 29.6 Å². The van der Waals surface area contributed by atoms with E-state index in [1.807, 2.05) is 0 Å². The van der Waals surface area contributed by atoms with E-state index in [9.17, 15) is 12.8 Å². The van der Waals surface area contributed by atoms with E-state index in [-0.39, 0.29) is 23.9 Å². The summed E-state index contributed by atoms with van der Waals surface area (Å²) in [5.41, 5.74) is 6.01. The Kier molecular flexibility index (Phi) is 4.51. The van der Waals surface area contributed by atoms with Gasteiger partial charge in [0, 0.05) is 19.7 Å². The lowest BCUT2D eigenvalue weighted by Crippen LogP contribution is -2.30. The Bertz CT molecular complexity index is 542. The number of nitrogens with one attached hydrogen (secondary N) is 1. The van der Waals surface area contributed by atoms with Crippen LogP contribution in [-0.4, -0.2) is 28.2 Å². The molecule has 3 N–H and O–H groups in total. The van der Waals surface area contributed by atoms with Crippen LogP contribution in [0.1, 0.15) is 12.0 Å². The van der Waals surface area contributed by atoms with Crippen LogP contribution in [0.25, 0.3) is 0 Å². The van der Waals surface area contributed by atoms with Crippen molar-refractivity contribution in [1.29, 1.82) is 0 Å². The molecule has 2 rings (SSSR count). The second-order valence-corrected chi connectivity index (χ2v) is 6.29. The van der Waals surface area contributed by atoms with Crippen LogP contribution in [0.4, 0.5) is 4.39 Å². The number of sulfonamides is 1. The second kappa shape index (κ2) is 5.96. The zero-order valence-corrected chi connectivity index (χ0v) is 11.2. The van der Waals surface area contributed by atoms with Crippen molar-refractivity contribution in [3.8, 4) is 0 Å². The van der Waals surface area contributed by atoms with Gasteiger partial charge < -0.3 is 10.5 Å². The van der Waals surface area contributed by atoms with Gasteiger partial charge in [-0.3, -0.25) is 0 Å². The molecule has 0 aromatic heterocycles. The van der Waals surface area contributed by atoms with Gasteiger partial charge in [-0.05, 0) is 30.0 Å². The summed E-state index contributed by atoms with van der Waals surface area (Å²) in [6, 6.07) is 3.86. The summed E-state index contributed by atoms with van der Waals surface area (Å²) in [6.45, 7) is 1.60. The first-order valence-electron chi connectivity index (χ1n) is 6.09. The Morgan fingerprint density at radius 3 is 2.89 bits per heavy atom. The van der Waals surface area contributed by atoms with E-state index in [0.29, 0.717) is 18.8 Å². The van der Waals surface area contributed by atoms with Crippen LogP contribution in [0.3, 0.4) is 0 Å². The van der Waals surface area contributed by atoms with Gasteiger partial charge in [0.05, 0.1) is 6.61 Å². The fourth-order valence-corrected chi connectivity index (χ4v) is 3.17. The molecule has 1 saturated heterocycles. The fraction of sp³-hybridized carbons (Fsp3) is 0.500. The Hall–Kier alpha value is -1.02. The molecule has 1 aliphatic heterocycles. The quantitative estimate of drug-likeness (QED) is 0.831. The van der Waals surface area contributed by atoms with Gasteiger partial charge in [0.1, 0.15) is 10.7 Å². The molecule has 1 atom stereocenters. The van der Waals surface area contributed by atoms with Crippen LogP contribution < -0.4 is 10.5 Å². The number of halogens is 1. The van der Waals surface area contributed by atoms with E-state index in [1.54, 1.807) is 0 Å². The molecule has 0 spiro atoms. The van der Waals surface area contributed by atoms with E-state index in [2.05, 4.69) is 4.72 Å². The summed E-state index contributed by atoms with van der Waals surface area (Å²) in [6.07, 6.45) is 0.813. The number of ether oxygens (including phenoxy) is 1. The lowest BCUT2D eigenvalue weighted by molar-refractivity contribution is 0.186. The minimum absolute atomic E-state index is 0.149. The first kappa shape index (κ1) is 14.4. The van der Waals surface area contributed by atoms with Crippen molar-refractivity contribution >= 4 is 10.0 Å². The van der Waals surface area contributed by atoms with Crippen LogP contribution in [-0.2, 0) is 21.3 Å². The molecule has 7 heteroatoms. The van der Waals surface area contributed by atoms with Gasteiger partial charge in [0.15, 0.2) is 0 Å². The number of benzene rings is 1. The molecular weight excluding hydrogens is 271 g/mol. The van der Waals surface area contributed by atoms with Crippen molar-refractivity contribution in [2.24, 2.45) is 11.7 Å². The molecule has 1 aromatic carbocycles. The second-order valence-electron chi connectivity index (χ2n) is 4.55. The smallest absolute Gasteiger partial charge is 0.243 e. The highest BCUT2D eigenvalue weighted by molar-refractivity contribution is 7.89. The van der Waals surface area contributed by atoms with Gasteiger partial charge in [0.2, 0.25) is 10.0 Å². The maximum atomic E-state index is 13.6. The molecule has 19 heavy (non-hydrogen) atoms. The SMILES string of the molecule is NCc1ccc(F)c(S(=O)(=O)NCC2CCOC2)c1. The van der Waals surface area contributed by atoms with Gasteiger partial charge in [-0.1, -0.05) is 6.07 Å². The Morgan fingerprint density at radius 2 is 2.26 bits per heavy atom. The molecule has 1 fully saturated rings. The largest absolute Gasteiger partial charge is 0.381 e. The number of rotatable bonds is 5. The van der Waals surface area contributed by atoms with E-state index in [0.717, 1.165) is 12.5 Å². The average Bonchev–Trinajstić information content (AvgIpc) is 2.90. The van der Waals surface area contributed by atoms with Gasteiger partial charge >= 0.3 is 0 Å². The molecule has 1 aromatic rings. The molecule has 5 nitrogen and oxygen atoms in total. The van der Waals surface area contributed by atoms with Crippen LogP contribution in [0.2, 0.25) is 0 Å². The number of nitrogens with two attached hydrogens (primary N) is 1. The summed E-state index contributed by atoms with van der Waals surface area (Å²) in [5.74, 6) is -0.622. The van der Waals surface area contributed by atoms with E-state index in [1.165, 1.54) is 12.1 Å². The molecule has 1 aliphatic rings. The fourth-order valence-electron chi connectivity index (χ4n) is 1.93. The molecule has 1 unspecified atom stereocenters. The predicted molar refractivity (Wildman–Crippen MR) is 68.4 cm³/mol. The molecule has 0 bridgehead atoms. The Labute approximate surface area is 112 Å². The summed E-state index contributed by atoms with van der Waals surface area (Å²) in [7, 11) is -3.85. The topological polar surface area (TPSA) is 81.4 Å². The average molecular weight is 288 g/mol. The lowest BCUT2D eigenvalue weighted by Gasteiger charge is -2.11. The predicted octanol–water partition coefficient (Wildman–Crippen LogP) is 0.599. The summed E-state index contributed by atoms with van der Waals surface area (Å²) >= 11 is 0. The molecule has 0 amide bonds. The maximum Gasteiger partial charge on any atom is 0.243 e. The lowest BCUT2D eigenvalue weighted by atomic mass is 10.1. The number of hydrogen-bond donors (Lipinski definition) is 2. The highest BCUT2D eigenvalue weighted by atomic mass is 32.2. The third-order valence-corrected chi connectivity index (χ3v) is 4.55. The van der Waals surface area contributed by atoms with E-state index < -0.39 is 15.8 Å². The zero-order chi connectivity index (χ0) is 13.9. The molecule has 0 aliphatic carbocycles. The minimum atomic E-state index is -3.85. The molecular formula is C12H17FN2O3S. The van der Waals surface area contributed by atoms with Crippen LogP contribution in [0.5, 0.6) is 0 Å². The van der Waals surface area contributed by atoms with Crippen molar-refractivity contribution in [2.75, 3.05) is 19.8 Å². The normalized spacial score (nSPS) is 19.8. The summed E-state index contributed by atoms with van der Waals surface area (Å²) in [4.78, 5) is -0.352. The highest BCUT2D eigenvalue weighted by Gasteiger charge is 2.22. The maximum absolute atomic E-state index is 13.6. The minimum Gasteiger partial charge on any atom is -0.381 e. The molecule has 106 valence electrons. The Morgan fingerprint density at radius 1 is 1.47 bits per heavy atom. The number of hydrogen-bond acceptors (Lipinski definition) is 4. The van der Waals surface area contributed by atoms with Gasteiger partial charge in [-0.15, -0.1) is 0 Å².